The second-order valence-electron chi connectivity index (χ2n) is 2.76. The van der Waals surface area contributed by atoms with Crippen molar-refractivity contribution in [3.05, 3.63) is 29.4 Å². The Labute approximate surface area is 85.9 Å². The van der Waals surface area contributed by atoms with E-state index in [0.717, 1.165) is 17.5 Å². The van der Waals surface area contributed by atoms with E-state index in [0.29, 0.717) is 5.82 Å². The van der Waals surface area contributed by atoms with Gasteiger partial charge in [-0.25, -0.2) is 0 Å². The van der Waals surface area contributed by atoms with Crippen molar-refractivity contribution >= 4 is 11.6 Å². The van der Waals surface area contributed by atoms with Crippen molar-refractivity contribution in [3.8, 4) is 11.4 Å². The first-order chi connectivity index (χ1) is 6.81. The molecule has 0 fully saturated rings. The molecule has 0 amide bonds. The molecule has 2 heterocycles. The summed E-state index contributed by atoms with van der Waals surface area (Å²) < 4.78 is 4.70. The monoisotopic (exact) mass is 209 g/mol. The fraction of sp³-hybridized carbons (Fsp3) is 0.222. The predicted octanol–water partition coefficient (Wildman–Crippen LogP) is 2.35. The van der Waals surface area contributed by atoms with E-state index in [9.17, 15) is 0 Å². The topological polar surface area (TPSA) is 51.8 Å². The summed E-state index contributed by atoms with van der Waals surface area (Å²) >= 11 is 5.55. The minimum Gasteiger partial charge on any atom is -0.321 e. The Morgan fingerprint density at radius 1 is 1.50 bits per heavy atom. The summed E-state index contributed by atoms with van der Waals surface area (Å²) in [5.74, 6) is 0.509. The van der Waals surface area contributed by atoms with Gasteiger partial charge in [0, 0.05) is 18.0 Å². The molecule has 0 aliphatic rings. The quantitative estimate of drug-likeness (QED) is 0.762. The van der Waals surface area contributed by atoms with Gasteiger partial charge in [0.25, 0.3) is 0 Å². The molecule has 2 rings (SSSR count). The molecule has 72 valence electrons. The molecular weight excluding hydrogens is 202 g/mol. The molecule has 0 aliphatic heterocycles. The lowest BCUT2D eigenvalue weighted by Crippen LogP contribution is -1.90. The lowest BCUT2D eigenvalue weighted by atomic mass is 10.1. The molecule has 0 radical (unpaired) electrons. The van der Waals surface area contributed by atoms with Crippen LogP contribution in [0.5, 0.6) is 0 Å². The number of hydrogen-bond acceptors (Lipinski definition) is 4. The molecule has 0 bridgehead atoms. The lowest BCUT2D eigenvalue weighted by Gasteiger charge is -2.00. The number of aromatic nitrogens is 3. The van der Waals surface area contributed by atoms with Gasteiger partial charge in [-0.3, -0.25) is 4.98 Å². The van der Waals surface area contributed by atoms with E-state index in [2.05, 4.69) is 15.1 Å². The molecule has 0 N–H and O–H groups in total. The molecule has 0 saturated carbocycles. The van der Waals surface area contributed by atoms with E-state index in [4.69, 9.17) is 16.1 Å². The lowest BCUT2D eigenvalue weighted by molar-refractivity contribution is 0.420. The Hall–Kier alpha value is -1.42. The highest BCUT2D eigenvalue weighted by Crippen LogP contribution is 2.21. The van der Waals surface area contributed by atoms with Gasteiger partial charge in [-0.15, -0.1) is 0 Å². The molecule has 4 nitrogen and oxygen atoms in total. The van der Waals surface area contributed by atoms with E-state index in [-0.39, 0.29) is 5.35 Å². The van der Waals surface area contributed by atoms with E-state index in [1.807, 2.05) is 13.0 Å². The van der Waals surface area contributed by atoms with Crippen molar-refractivity contribution in [3.63, 3.8) is 0 Å². The smallest absolute Gasteiger partial charge is 0.320 e. The summed E-state index contributed by atoms with van der Waals surface area (Å²) in [5, 5.41) is 3.80. The first-order valence-electron chi connectivity index (χ1n) is 4.23. The van der Waals surface area contributed by atoms with Crippen LogP contribution in [0.3, 0.4) is 0 Å². The van der Waals surface area contributed by atoms with Gasteiger partial charge in [0.05, 0.1) is 0 Å². The molecule has 0 saturated heterocycles. The second-order valence-corrected chi connectivity index (χ2v) is 3.08. The van der Waals surface area contributed by atoms with Crippen molar-refractivity contribution < 1.29 is 4.52 Å². The van der Waals surface area contributed by atoms with Crippen LogP contribution in [0.15, 0.2) is 23.0 Å². The number of rotatable bonds is 2. The molecule has 0 aliphatic carbocycles. The SMILES string of the molecule is CCc1cnccc1-c1noc(Cl)n1. The maximum Gasteiger partial charge on any atom is 0.320 e. The van der Waals surface area contributed by atoms with Crippen molar-refractivity contribution in [2.75, 3.05) is 0 Å². The Morgan fingerprint density at radius 3 is 3.00 bits per heavy atom. The summed E-state index contributed by atoms with van der Waals surface area (Å²) in [6.45, 7) is 2.04. The molecule has 0 unspecified atom stereocenters. The molecular formula is C9H8ClN3O. The fourth-order valence-electron chi connectivity index (χ4n) is 1.24. The predicted molar refractivity (Wildman–Crippen MR) is 51.9 cm³/mol. The average Bonchev–Trinajstić information content (AvgIpc) is 2.65. The molecule has 0 spiro atoms. The molecule has 0 aromatic carbocycles. The van der Waals surface area contributed by atoms with E-state index >= 15 is 0 Å². The summed E-state index contributed by atoms with van der Waals surface area (Å²) in [7, 11) is 0. The fourth-order valence-corrected chi connectivity index (χ4v) is 1.36. The highest BCUT2D eigenvalue weighted by molar-refractivity contribution is 6.27. The van der Waals surface area contributed by atoms with Crippen LogP contribution in [-0.2, 0) is 6.42 Å². The van der Waals surface area contributed by atoms with Crippen LogP contribution in [0.4, 0.5) is 0 Å². The van der Waals surface area contributed by atoms with Crippen LogP contribution in [0.1, 0.15) is 12.5 Å². The molecule has 0 atom stereocenters. The normalized spacial score (nSPS) is 10.4. The number of nitrogens with zero attached hydrogens (tertiary/aromatic N) is 3. The van der Waals surface area contributed by atoms with Crippen LogP contribution in [0.25, 0.3) is 11.4 Å². The van der Waals surface area contributed by atoms with Crippen LogP contribution in [-0.4, -0.2) is 15.1 Å². The maximum absolute atomic E-state index is 5.55. The van der Waals surface area contributed by atoms with Crippen molar-refractivity contribution in [2.45, 2.75) is 13.3 Å². The van der Waals surface area contributed by atoms with Crippen LogP contribution in [0, 0.1) is 0 Å². The molecule has 2 aromatic rings. The third-order valence-electron chi connectivity index (χ3n) is 1.93. The third-order valence-corrected chi connectivity index (χ3v) is 2.08. The van der Waals surface area contributed by atoms with Gasteiger partial charge in [0.15, 0.2) is 0 Å². The molecule has 5 heteroatoms. The van der Waals surface area contributed by atoms with Gasteiger partial charge in [0.2, 0.25) is 5.82 Å². The van der Waals surface area contributed by atoms with Crippen molar-refractivity contribution in [1.29, 1.82) is 0 Å². The summed E-state index contributed by atoms with van der Waals surface area (Å²) in [6, 6.07) is 1.85. The van der Waals surface area contributed by atoms with E-state index in [1.165, 1.54) is 0 Å². The number of halogens is 1. The first kappa shape index (κ1) is 9.15. The number of pyridine rings is 1. The Morgan fingerprint density at radius 2 is 2.36 bits per heavy atom. The Balaban J connectivity index is 2.50. The van der Waals surface area contributed by atoms with Crippen LogP contribution in [0.2, 0.25) is 5.35 Å². The second kappa shape index (κ2) is 3.75. The van der Waals surface area contributed by atoms with Gasteiger partial charge < -0.3 is 4.52 Å². The molecule has 14 heavy (non-hydrogen) atoms. The standard InChI is InChI=1S/C9H8ClN3O/c1-2-6-5-11-4-3-7(6)8-12-9(10)14-13-8/h3-5H,2H2,1H3. The maximum atomic E-state index is 5.55. The van der Waals surface area contributed by atoms with Gasteiger partial charge in [-0.1, -0.05) is 12.1 Å². The van der Waals surface area contributed by atoms with Crippen molar-refractivity contribution in [1.82, 2.24) is 15.1 Å². The average molecular weight is 210 g/mol. The van der Waals surface area contributed by atoms with E-state index in [1.54, 1.807) is 12.4 Å². The summed E-state index contributed by atoms with van der Waals surface area (Å²) in [5.41, 5.74) is 1.99. The highest BCUT2D eigenvalue weighted by Gasteiger charge is 2.09. The van der Waals surface area contributed by atoms with Gasteiger partial charge in [-0.2, -0.15) is 4.98 Å². The van der Waals surface area contributed by atoms with Gasteiger partial charge >= 0.3 is 5.35 Å². The largest absolute Gasteiger partial charge is 0.321 e. The zero-order chi connectivity index (χ0) is 9.97. The number of hydrogen-bond donors (Lipinski definition) is 0. The summed E-state index contributed by atoms with van der Waals surface area (Å²) in [4.78, 5) is 7.98. The Kier molecular flexibility index (Phi) is 2.45. The minimum atomic E-state index is 0.0545. The minimum absolute atomic E-state index is 0.0545. The zero-order valence-electron chi connectivity index (χ0n) is 7.57. The third kappa shape index (κ3) is 1.61. The highest BCUT2D eigenvalue weighted by atomic mass is 35.5. The van der Waals surface area contributed by atoms with E-state index < -0.39 is 0 Å². The van der Waals surface area contributed by atoms with Gasteiger partial charge in [0.1, 0.15) is 0 Å². The zero-order valence-corrected chi connectivity index (χ0v) is 8.32. The first-order valence-corrected chi connectivity index (χ1v) is 4.61. The molecule has 2 aromatic heterocycles. The summed E-state index contributed by atoms with van der Waals surface area (Å²) in [6.07, 6.45) is 4.35. The van der Waals surface area contributed by atoms with Gasteiger partial charge in [-0.05, 0) is 29.7 Å². The van der Waals surface area contributed by atoms with Crippen LogP contribution < -0.4 is 0 Å². The van der Waals surface area contributed by atoms with Crippen LogP contribution >= 0.6 is 11.6 Å². The number of aryl methyl sites for hydroxylation is 1. The Bertz CT molecular complexity index is 441. The van der Waals surface area contributed by atoms with Crippen molar-refractivity contribution in [2.24, 2.45) is 0 Å².